The Balaban J connectivity index is 1.43. The molecule has 2 saturated carbocycles. The Kier molecular flexibility index (Phi) is 4.82. The second-order valence-electron chi connectivity index (χ2n) is 7.69. The van der Waals surface area contributed by atoms with Crippen molar-refractivity contribution in [2.75, 3.05) is 0 Å². The summed E-state index contributed by atoms with van der Waals surface area (Å²) in [4.78, 5) is 23.2. The second kappa shape index (κ2) is 7.16. The normalized spacial score (nSPS) is 26.1. The molecule has 0 bridgehead atoms. The zero-order valence-corrected chi connectivity index (χ0v) is 16.9. The molecule has 2 aromatic rings. The summed E-state index contributed by atoms with van der Waals surface area (Å²) in [6, 6.07) is 8.08. The van der Waals surface area contributed by atoms with E-state index in [0.717, 1.165) is 12.8 Å². The minimum absolute atomic E-state index is 0.0408. The number of hydrogen-bond acceptors (Lipinski definition) is 5. The zero-order valence-electron chi connectivity index (χ0n) is 15.4. The van der Waals surface area contributed by atoms with Gasteiger partial charge in [-0.2, -0.15) is 5.10 Å². The summed E-state index contributed by atoms with van der Waals surface area (Å²) in [6.07, 6.45) is 6.03. The van der Waals surface area contributed by atoms with Crippen LogP contribution in [-0.2, 0) is 4.79 Å². The average Bonchev–Trinajstić information content (AvgIpc) is 3.02. The van der Waals surface area contributed by atoms with E-state index in [2.05, 4.69) is 33.4 Å². The van der Waals surface area contributed by atoms with Crippen molar-refractivity contribution < 1.29 is 14.1 Å². The summed E-state index contributed by atoms with van der Waals surface area (Å²) in [6.45, 7) is 2.19. The van der Waals surface area contributed by atoms with Crippen LogP contribution in [0.4, 0.5) is 5.69 Å². The molecule has 8 heteroatoms. The SMILES string of the molecule is C[C@]12CCCC[C@@H]1[C@H]2C(=O)N/N=C\c1ccc(-c2ccc(Br)cc2[N+](=O)[O-])o1. The fourth-order valence-electron chi connectivity index (χ4n) is 4.51. The van der Waals surface area contributed by atoms with Crippen LogP contribution in [0.1, 0.15) is 38.4 Å². The summed E-state index contributed by atoms with van der Waals surface area (Å²) in [5, 5.41) is 15.3. The van der Waals surface area contributed by atoms with E-state index in [-0.39, 0.29) is 22.9 Å². The molecule has 4 rings (SSSR count). The van der Waals surface area contributed by atoms with Crippen LogP contribution in [0.25, 0.3) is 11.3 Å². The minimum Gasteiger partial charge on any atom is -0.455 e. The van der Waals surface area contributed by atoms with Crippen LogP contribution in [0.5, 0.6) is 0 Å². The fraction of sp³-hybridized carbons (Fsp3) is 0.400. The van der Waals surface area contributed by atoms with Gasteiger partial charge in [0.15, 0.2) is 0 Å². The lowest BCUT2D eigenvalue weighted by atomic mass is 9.90. The second-order valence-corrected chi connectivity index (χ2v) is 8.61. The van der Waals surface area contributed by atoms with Crippen molar-refractivity contribution in [1.82, 2.24) is 5.43 Å². The number of furan rings is 1. The standard InChI is InChI=1S/C20H20BrN3O4/c1-20-9-3-2-4-15(20)18(20)19(25)23-22-11-13-6-8-17(28-13)14-7-5-12(21)10-16(14)24(26)27/h5-8,10-11,15,18H,2-4,9H2,1H3,(H,23,25)/b22-11-/t15-,18+,20+/m1/s1. The number of benzene rings is 1. The molecule has 1 aromatic heterocycles. The molecule has 2 fully saturated rings. The zero-order chi connectivity index (χ0) is 19.9. The van der Waals surface area contributed by atoms with E-state index >= 15 is 0 Å². The van der Waals surface area contributed by atoms with Crippen molar-refractivity contribution in [3.63, 3.8) is 0 Å². The molecule has 1 amide bonds. The fourth-order valence-corrected chi connectivity index (χ4v) is 4.86. The number of nitro groups is 1. The first-order chi connectivity index (χ1) is 13.4. The maximum Gasteiger partial charge on any atom is 0.281 e. The van der Waals surface area contributed by atoms with Gasteiger partial charge in [0, 0.05) is 16.5 Å². The third-order valence-corrected chi connectivity index (χ3v) is 6.52. The lowest BCUT2D eigenvalue weighted by molar-refractivity contribution is -0.384. The Bertz CT molecular complexity index is 970. The van der Waals surface area contributed by atoms with Crippen LogP contribution in [0.2, 0.25) is 0 Å². The smallest absolute Gasteiger partial charge is 0.281 e. The van der Waals surface area contributed by atoms with Crippen molar-refractivity contribution in [3.05, 3.63) is 50.7 Å². The van der Waals surface area contributed by atoms with Gasteiger partial charge in [-0.25, -0.2) is 5.43 Å². The predicted molar refractivity (Wildman–Crippen MR) is 108 cm³/mol. The van der Waals surface area contributed by atoms with Crippen molar-refractivity contribution in [2.45, 2.75) is 32.6 Å². The molecule has 2 aliphatic carbocycles. The third kappa shape index (κ3) is 3.37. The van der Waals surface area contributed by atoms with Gasteiger partial charge in [0.25, 0.3) is 5.69 Å². The lowest BCUT2D eigenvalue weighted by Gasteiger charge is -2.15. The number of rotatable bonds is 5. The van der Waals surface area contributed by atoms with Crippen LogP contribution in [0, 0.1) is 27.4 Å². The maximum absolute atomic E-state index is 12.4. The first-order valence-corrected chi connectivity index (χ1v) is 10.1. The molecular weight excluding hydrogens is 426 g/mol. The van der Waals surface area contributed by atoms with Crippen LogP contribution < -0.4 is 5.43 Å². The molecule has 1 aromatic carbocycles. The van der Waals surface area contributed by atoms with E-state index in [9.17, 15) is 14.9 Å². The molecule has 28 heavy (non-hydrogen) atoms. The average molecular weight is 446 g/mol. The highest BCUT2D eigenvalue weighted by atomic mass is 79.9. The summed E-state index contributed by atoms with van der Waals surface area (Å²) < 4.78 is 6.27. The third-order valence-electron chi connectivity index (χ3n) is 6.03. The Labute approximate surface area is 170 Å². The Morgan fingerprint density at radius 1 is 1.39 bits per heavy atom. The number of amides is 1. The molecule has 2 aliphatic rings. The van der Waals surface area contributed by atoms with Crippen molar-refractivity contribution in [1.29, 1.82) is 0 Å². The van der Waals surface area contributed by atoms with Crippen LogP contribution in [0.3, 0.4) is 0 Å². The summed E-state index contributed by atoms with van der Waals surface area (Å²) >= 11 is 3.24. The molecule has 146 valence electrons. The number of carbonyl (C=O) groups is 1. The summed E-state index contributed by atoms with van der Waals surface area (Å²) in [5.74, 6) is 1.26. The Morgan fingerprint density at radius 3 is 2.93 bits per heavy atom. The molecule has 0 unspecified atom stereocenters. The number of nitrogens with one attached hydrogen (secondary N) is 1. The van der Waals surface area contributed by atoms with E-state index < -0.39 is 4.92 Å². The van der Waals surface area contributed by atoms with E-state index in [0.29, 0.717) is 27.5 Å². The molecule has 0 spiro atoms. The van der Waals surface area contributed by atoms with E-state index in [1.54, 1.807) is 24.3 Å². The number of hydrazone groups is 1. The molecule has 0 radical (unpaired) electrons. The maximum atomic E-state index is 12.4. The molecular formula is C20H20BrN3O4. The molecule has 0 saturated heterocycles. The molecule has 7 nitrogen and oxygen atoms in total. The van der Waals surface area contributed by atoms with Crippen molar-refractivity contribution in [2.24, 2.45) is 22.4 Å². The van der Waals surface area contributed by atoms with Gasteiger partial charge in [0.05, 0.1) is 16.7 Å². The topological polar surface area (TPSA) is 97.7 Å². The number of fused-ring (bicyclic) bond motifs is 1. The van der Waals surface area contributed by atoms with Gasteiger partial charge in [-0.1, -0.05) is 35.7 Å². The highest BCUT2D eigenvalue weighted by Gasteiger charge is 2.64. The van der Waals surface area contributed by atoms with Gasteiger partial charge in [0.1, 0.15) is 11.5 Å². The van der Waals surface area contributed by atoms with Gasteiger partial charge in [-0.3, -0.25) is 14.9 Å². The van der Waals surface area contributed by atoms with E-state index in [1.807, 2.05) is 0 Å². The van der Waals surface area contributed by atoms with E-state index in [4.69, 9.17) is 4.42 Å². The molecule has 3 atom stereocenters. The van der Waals surface area contributed by atoms with E-state index in [1.165, 1.54) is 25.1 Å². The van der Waals surface area contributed by atoms with Gasteiger partial charge in [0.2, 0.25) is 5.91 Å². The van der Waals surface area contributed by atoms with Crippen molar-refractivity contribution >= 4 is 33.7 Å². The largest absolute Gasteiger partial charge is 0.455 e. The summed E-state index contributed by atoms with van der Waals surface area (Å²) in [7, 11) is 0. The van der Waals surface area contributed by atoms with Gasteiger partial charge >= 0.3 is 0 Å². The quantitative estimate of drug-likeness (QED) is 0.402. The molecule has 1 N–H and O–H groups in total. The number of nitrogens with zero attached hydrogens (tertiary/aromatic N) is 2. The van der Waals surface area contributed by atoms with Crippen LogP contribution >= 0.6 is 15.9 Å². The summed E-state index contributed by atoms with van der Waals surface area (Å²) in [5.41, 5.74) is 3.08. The highest BCUT2D eigenvalue weighted by molar-refractivity contribution is 9.10. The lowest BCUT2D eigenvalue weighted by Crippen LogP contribution is -2.22. The van der Waals surface area contributed by atoms with Crippen LogP contribution in [-0.4, -0.2) is 17.0 Å². The first kappa shape index (κ1) is 18.9. The number of hydrogen-bond donors (Lipinski definition) is 1. The van der Waals surface area contributed by atoms with Gasteiger partial charge in [-0.15, -0.1) is 0 Å². The Morgan fingerprint density at radius 2 is 2.21 bits per heavy atom. The monoisotopic (exact) mass is 445 g/mol. The number of carbonyl (C=O) groups excluding carboxylic acids is 1. The van der Waals surface area contributed by atoms with Gasteiger partial charge in [-0.05, 0) is 48.4 Å². The predicted octanol–water partition coefficient (Wildman–Crippen LogP) is 4.89. The van der Waals surface area contributed by atoms with Crippen LogP contribution in [0.15, 0.2) is 44.3 Å². The highest BCUT2D eigenvalue weighted by Crippen LogP contribution is 2.66. The number of halogens is 1. The van der Waals surface area contributed by atoms with Gasteiger partial charge < -0.3 is 4.42 Å². The van der Waals surface area contributed by atoms with Crippen molar-refractivity contribution in [3.8, 4) is 11.3 Å². The number of nitro benzene ring substituents is 1. The molecule has 1 heterocycles. The molecule has 0 aliphatic heterocycles. The Hall–Kier alpha value is -2.48. The minimum atomic E-state index is -0.452. The first-order valence-electron chi connectivity index (χ1n) is 9.27.